The van der Waals surface area contributed by atoms with Crippen molar-refractivity contribution in [2.24, 2.45) is 0 Å². The number of fused-ring (bicyclic) bond motifs is 2. The van der Waals surface area contributed by atoms with Gasteiger partial charge in [0.25, 0.3) is 0 Å². The van der Waals surface area contributed by atoms with Gasteiger partial charge >= 0.3 is 5.63 Å². The summed E-state index contributed by atoms with van der Waals surface area (Å²) in [6, 6.07) is 6.59. The molecule has 0 bridgehead atoms. The summed E-state index contributed by atoms with van der Waals surface area (Å²) < 4.78 is 22.6. The van der Waals surface area contributed by atoms with Crippen molar-refractivity contribution in [3.8, 4) is 5.75 Å². The van der Waals surface area contributed by atoms with Crippen LogP contribution in [0.4, 0.5) is 0 Å². The summed E-state index contributed by atoms with van der Waals surface area (Å²) in [4.78, 5) is 11.4. The van der Waals surface area contributed by atoms with E-state index in [0.717, 1.165) is 10.9 Å². The van der Waals surface area contributed by atoms with Gasteiger partial charge in [-0.25, -0.2) is 4.79 Å². The third kappa shape index (κ3) is 3.65. The van der Waals surface area contributed by atoms with E-state index in [1.165, 1.54) is 6.07 Å². The Kier molecular flexibility index (Phi) is 5.14. The normalized spacial score (nSPS) is 32.2. The first-order valence-corrected chi connectivity index (χ1v) is 9.41. The summed E-state index contributed by atoms with van der Waals surface area (Å²) in [6.45, 7) is 2.98. The molecule has 0 spiro atoms. The smallest absolute Gasteiger partial charge is 0.336 e. The lowest BCUT2D eigenvalue weighted by atomic mass is 9.95. The van der Waals surface area contributed by atoms with Gasteiger partial charge < -0.3 is 39.1 Å². The van der Waals surface area contributed by atoms with Crippen molar-refractivity contribution in [3.05, 3.63) is 40.2 Å². The Balaban J connectivity index is 1.53. The molecule has 1 aromatic carbocycles. The maximum absolute atomic E-state index is 11.4. The number of ether oxygens (including phenoxy) is 3. The maximum atomic E-state index is 11.4. The minimum absolute atomic E-state index is 0.421. The molecule has 9 heteroatoms. The number of hydrogen-bond acceptors (Lipinski definition) is 9. The third-order valence-corrected chi connectivity index (χ3v) is 5.52. The molecule has 0 aliphatic carbocycles. The van der Waals surface area contributed by atoms with Gasteiger partial charge in [-0.3, -0.25) is 0 Å². The van der Waals surface area contributed by atoms with E-state index >= 15 is 0 Å². The summed E-state index contributed by atoms with van der Waals surface area (Å²) in [6.07, 6.45) is -6.71. The van der Waals surface area contributed by atoms with Crippen LogP contribution in [0.2, 0.25) is 0 Å². The molecule has 2 aliphatic rings. The molecule has 1 fully saturated rings. The molecule has 0 radical (unpaired) electrons. The molecule has 1 saturated heterocycles. The van der Waals surface area contributed by atoms with Crippen LogP contribution in [0.25, 0.3) is 11.0 Å². The second kappa shape index (κ2) is 7.35. The van der Waals surface area contributed by atoms with Crippen LogP contribution in [0, 0.1) is 0 Å². The van der Waals surface area contributed by atoms with E-state index in [0.29, 0.717) is 17.8 Å². The largest absolute Gasteiger partial charge is 0.487 e. The Morgan fingerprint density at radius 3 is 2.62 bits per heavy atom. The van der Waals surface area contributed by atoms with Crippen LogP contribution in [-0.4, -0.2) is 69.4 Å². The Bertz CT molecular complexity index is 951. The number of aliphatic hydroxyl groups excluding tert-OH is 4. The van der Waals surface area contributed by atoms with Gasteiger partial charge in [0.2, 0.25) is 0 Å². The van der Waals surface area contributed by atoms with E-state index in [2.05, 4.69) is 0 Å². The molecule has 3 heterocycles. The average molecular weight is 408 g/mol. The lowest BCUT2D eigenvalue weighted by Gasteiger charge is -2.43. The van der Waals surface area contributed by atoms with Gasteiger partial charge in [0.05, 0.1) is 6.61 Å². The molecule has 4 N–H and O–H groups in total. The van der Waals surface area contributed by atoms with Crippen molar-refractivity contribution < 1.29 is 39.1 Å². The molecule has 4 rings (SSSR count). The van der Waals surface area contributed by atoms with Gasteiger partial charge in [-0.2, -0.15) is 0 Å². The van der Waals surface area contributed by atoms with Crippen molar-refractivity contribution in [3.63, 3.8) is 0 Å². The zero-order valence-electron chi connectivity index (χ0n) is 16.0. The van der Waals surface area contributed by atoms with Crippen LogP contribution in [0.1, 0.15) is 19.4 Å². The van der Waals surface area contributed by atoms with Crippen LogP contribution in [0.15, 0.2) is 33.5 Å². The zero-order valence-corrected chi connectivity index (χ0v) is 16.0. The highest BCUT2D eigenvalue weighted by atomic mass is 16.7. The minimum atomic E-state index is -1.52. The zero-order chi connectivity index (χ0) is 20.9. The lowest BCUT2D eigenvalue weighted by molar-refractivity contribution is -0.329. The minimum Gasteiger partial charge on any atom is -0.487 e. The van der Waals surface area contributed by atoms with Crippen molar-refractivity contribution in [2.45, 2.75) is 62.7 Å². The fraction of sp³-hybridized carbons (Fsp3) is 0.550. The van der Waals surface area contributed by atoms with E-state index in [9.17, 15) is 25.2 Å². The summed E-state index contributed by atoms with van der Waals surface area (Å²) in [5, 5.41) is 40.2. The highest BCUT2D eigenvalue weighted by Crippen LogP contribution is 2.38. The molecule has 0 saturated carbocycles. The van der Waals surface area contributed by atoms with Crippen LogP contribution >= 0.6 is 0 Å². The molecular formula is C20H24O9. The molecule has 1 aromatic heterocycles. The number of benzene rings is 1. The lowest BCUT2D eigenvalue weighted by Crippen LogP contribution is -2.61. The topological polar surface area (TPSA) is 139 Å². The molecule has 0 unspecified atom stereocenters. The van der Waals surface area contributed by atoms with E-state index < -0.39 is 54.6 Å². The van der Waals surface area contributed by atoms with Crippen molar-refractivity contribution >= 4 is 11.0 Å². The van der Waals surface area contributed by atoms with E-state index in [1.807, 2.05) is 6.07 Å². The average Bonchev–Trinajstić information content (AvgIpc) is 3.10. The molecule has 29 heavy (non-hydrogen) atoms. The van der Waals surface area contributed by atoms with Gasteiger partial charge in [-0.05, 0) is 31.5 Å². The van der Waals surface area contributed by atoms with Crippen molar-refractivity contribution in [2.75, 3.05) is 6.61 Å². The highest BCUT2D eigenvalue weighted by molar-refractivity contribution is 5.79. The van der Waals surface area contributed by atoms with Crippen LogP contribution in [0.3, 0.4) is 0 Å². The van der Waals surface area contributed by atoms with Crippen LogP contribution < -0.4 is 10.4 Å². The molecule has 0 amide bonds. The number of aliphatic hydroxyl groups is 4. The van der Waals surface area contributed by atoms with Gasteiger partial charge in [0.15, 0.2) is 6.29 Å². The predicted molar refractivity (Wildman–Crippen MR) is 99.5 cm³/mol. The molecule has 2 aliphatic heterocycles. The summed E-state index contributed by atoms with van der Waals surface area (Å²) in [5.41, 5.74) is -0.0654. The number of hydrogen-bond donors (Lipinski definition) is 4. The standard InChI is InChI=1S/C20H24O9/c1-20(2,29-19-18(25)17(24)16(23)13(8-21)28-19)14-6-10-5-9-3-4-15(22)27-11(9)7-12(10)26-14/h3-5,7,13-14,16-19,21,23-25H,6,8H2,1-2H3/t13-,14-,16+,17+,18-,19+/m1/s1. The SMILES string of the molecule is CC(C)(O[C@@H]1O[C@H](CO)[C@H](O)[C@H](O)[C@H]1O)[C@H]1Cc2cc3ccc(=O)oc3cc2O1. The molecular weight excluding hydrogens is 384 g/mol. The Labute approximate surface area is 166 Å². The van der Waals surface area contributed by atoms with E-state index in [4.69, 9.17) is 18.6 Å². The van der Waals surface area contributed by atoms with E-state index in [-0.39, 0.29) is 0 Å². The van der Waals surface area contributed by atoms with Crippen molar-refractivity contribution in [1.29, 1.82) is 0 Å². The fourth-order valence-corrected chi connectivity index (χ4v) is 3.74. The van der Waals surface area contributed by atoms with Gasteiger partial charge in [0, 0.05) is 23.9 Å². The maximum Gasteiger partial charge on any atom is 0.336 e. The predicted octanol–water partition coefficient (Wildman–Crippen LogP) is -0.308. The second-order valence-corrected chi connectivity index (χ2v) is 7.98. The quantitative estimate of drug-likeness (QED) is 0.502. The van der Waals surface area contributed by atoms with E-state index in [1.54, 1.807) is 26.0 Å². The summed E-state index contributed by atoms with van der Waals surface area (Å²) in [7, 11) is 0. The summed E-state index contributed by atoms with van der Waals surface area (Å²) >= 11 is 0. The Hall–Kier alpha value is -2.01. The number of rotatable bonds is 4. The summed E-state index contributed by atoms with van der Waals surface area (Å²) in [5.74, 6) is 0.572. The first-order valence-electron chi connectivity index (χ1n) is 9.41. The first kappa shape index (κ1) is 20.3. The van der Waals surface area contributed by atoms with Crippen LogP contribution in [-0.2, 0) is 15.9 Å². The molecule has 6 atom stereocenters. The van der Waals surface area contributed by atoms with Gasteiger partial charge in [-0.1, -0.05) is 0 Å². The first-order chi connectivity index (χ1) is 13.7. The monoisotopic (exact) mass is 408 g/mol. The molecule has 2 aromatic rings. The van der Waals surface area contributed by atoms with Crippen LogP contribution in [0.5, 0.6) is 5.75 Å². The third-order valence-electron chi connectivity index (χ3n) is 5.52. The van der Waals surface area contributed by atoms with Gasteiger partial charge in [-0.15, -0.1) is 0 Å². The fourth-order valence-electron chi connectivity index (χ4n) is 3.74. The molecule has 158 valence electrons. The highest BCUT2D eigenvalue weighted by Gasteiger charge is 2.48. The Morgan fingerprint density at radius 2 is 1.90 bits per heavy atom. The van der Waals surface area contributed by atoms with Crippen molar-refractivity contribution in [1.82, 2.24) is 0 Å². The van der Waals surface area contributed by atoms with Gasteiger partial charge in [0.1, 0.15) is 47.5 Å². The second-order valence-electron chi connectivity index (χ2n) is 7.98. The Morgan fingerprint density at radius 1 is 1.14 bits per heavy atom. The molecule has 9 nitrogen and oxygen atoms in total.